The van der Waals surface area contributed by atoms with E-state index in [-0.39, 0.29) is 5.91 Å². The highest BCUT2D eigenvalue weighted by molar-refractivity contribution is 5.96. The van der Waals surface area contributed by atoms with Crippen LogP contribution in [0.3, 0.4) is 0 Å². The summed E-state index contributed by atoms with van der Waals surface area (Å²) in [6.07, 6.45) is 6.55. The molecule has 0 aromatic carbocycles. The Labute approximate surface area is 139 Å². The molecular formula is C17H16N6O. The van der Waals surface area contributed by atoms with E-state index in [1.807, 2.05) is 23.1 Å². The van der Waals surface area contributed by atoms with Gasteiger partial charge in [-0.25, -0.2) is 15.0 Å². The van der Waals surface area contributed by atoms with Crippen molar-refractivity contribution < 1.29 is 4.79 Å². The molecule has 0 saturated carbocycles. The van der Waals surface area contributed by atoms with Gasteiger partial charge in [0.15, 0.2) is 5.65 Å². The maximum absolute atomic E-state index is 12.7. The fraction of sp³-hybridized carbons (Fsp3) is 0.235. The number of fused-ring (bicyclic) bond motifs is 1. The van der Waals surface area contributed by atoms with Gasteiger partial charge in [-0.2, -0.15) is 0 Å². The highest BCUT2D eigenvalue weighted by atomic mass is 16.2. The van der Waals surface area contributed by atoms with E-state index in [4.69, 9.17) is 0 Å². The molecule has 4 heterocycles. The van der Waals surface area contributed by atoms with Crippen molar-refractivity contribution in [1.29, 1.82) is 0 Å². The average molecular weight is 320 g/mol. The summed E-state index contributed by atoms with van der Waals surface area (Å²) in [6.45, 7) is 2.86. The zero-order valence-corrected chi connectivity index (χ0v) is 13.0. The van der Waals surface area contributed by atoms with Gasteiger partial charge in [0, 0.05) is 51.0 Å². The Hall–Kier alpha value is -3.09. The van der Waals surface area contributed by atoms with Crippen LogP contribution in [-0.4, -0.2) is 56.9 Å². The van der Waals surface area contributed by atoms with Gasteiger partial charge in [-0.15, -0.1) is 0 Å². The number of hydrogen-bond acceptors (Lipinski definition) is 6. The smallest absolute Gasteiger partial charge is 0.255 e. The summed E-state index contributed by atoms with van der Waals surface area (Å²) in [4.78, 5) is 33.6. The number of nitrogens with zero attached hydrogens (tertiary/aromatic N) is 6. The van der Waals surface area contributed by atoms with Crippen molar-refractivity contribution in [3.05, 3.63) is 54.6 Å². The van der Waals surface area contributed by atoms with Crippen LogP contribution in [0.2, 0.25) is 0 Å². The molecule has 1 aliphatic heterocycles. The largest absolute Gasteiger partial charge is 0.353 e. The molecule has 120 valence electrons. The topological polar surface area (TPSA) is 75.1 Å². The molecule has 0 bridgehead atoms. The Balaban J connectivity index is 1.47. The number of anilines is 1. The molecule has 1 amide bonds. The Morgan fingerprint density at radius 2 is 1.75 bits per heavy atom. The van der Waals surface area contributed by atoms with Crippen LogP contribution in [0.15, 0.2) is 49.1 Å². The molecule has 7 nitrogen and oxygen atoms in total. The summed E-state index contributed by atoms with van der Waals surface area (Å²) in [5.74, 6) is 0.933. The first-order valence-corrected chi connectivity index (χ1v) is 7.83. The number of hydrogen-bond donors (Lipinski definition) is 0. The molecule has 0 atom stereocenters. The van der Waals surface area contributed by atoms with Gasteiger partial charge in [0.25, 0.3) is 5.91 Å². The average Bonchev–Trinajstić information content (AvgIpc) is 2.68. The lowest BCUT2D eigenvalue weighted by atomic mass is 10.2. The molecule has 3 aromatic heterocycles. The summed E-state index contributed by atoms with van der Waals surface area (Å²) in [6, 6.07) is 7.62. The third-order valence-electron chi connectivity index (χ3n) is 4.11. The Morgan fingerprint density at radius 3 is 2.54 bits per heavy atom. The molecule has 1 saturated heterocycles. The van der Waals surface area contributed by atoms with Crippen molar-refractivity contribution >= 4 is 22.9 Å². The monoisotopic (exact) mass is 320 g/mol. The van der Waals surface area contributed by atoms with Crippen molar-refractivity contribution in [3.8, 4) is 0 Å². The van der Waals surface area contributed by atoms with E-state index < -0.39 is 0 Å². The van der Waals surface area contributed by atoms with Gasteiger partial charge in [0.2, 0.25) is 0 Å². The Bertz CT molecular complexity index is 861. The number of carbonyl (C=O) groups is 1. The highest BCUT2D eigenvalue weighted by Crippen LogP contribution is 2.15. The zero-order valence-electron chi connectivity index (χ0n) is 13.0. The second-order valence-electron chi connectivity index (χ2n) is 5.59. The molecule has 1 aliphatic rings. The Morgan fingerprint density at radius 1 is 0.917 bits per heavy atom. The van der Waals surface area contributed by atoms with Crippen molar-refractivity contribution in [2.45, 2.75) is 0 Å². The SMILES string of the molecule is O=C(c1cnc2nccnc2c1)N1CCN(c2ccccn2)CC1. The lowest BCUT2D eigenvalue weighted by Gasteiger charge is -2.35. The molecule has 0 unspecified atom stereocenters. The minimum atomic E-state index is -0.0178. The minimum absolute atomic E-state index is 0.0178. The standard InChI is InChI=1S/C17H16N6O/c24-17(13-11-14-16(21-12-13)20-6-5-18-14)23-9-7-22(8-10-23)15-3-1-2-4-19-15/h1-6,11-12H,7-10H2. The first-order valence-electron chi connectivity index (χ1n) is 7.83. The Kier molecular flexibility index (Phi) is 3.74. The third-order valence-corrected chi connectivity index (χ3v) is 4.11. The van der Waals surface area contributed by atoms with Crippen molar-refractivity contribution in [3.63, 3.8) is 0 Å². The van der Waals surface area contributed by atoms with E-state index in [2.05, 4.69) is 24.8 Å². The van der Waals surface area contributed by atoms with E-state index in [1.54, 1.807) is 30.9 Å². The van der Waals surface area contributed by atoms with Gasteiger partial charge >= 0.3 is 0 Å². The van der Waals surface area contributed by atoms with Crippen LogP contribution in [0.4, 0.5) is 5.82 Å². The van der Waals surface area contributed by atoms with E-state index in [9.17, 15) is 4.79 Å². The van der Waals surface area contributed by atoms with Gasteiger partial charge < -0.3 is 9.80 Å². The van der Waals surface area contributed by atoms with E-state index in [0.717, 1.165) is 18.9 Å². The number of carbonyl (C=O) groups excluding carboxylic acids is 1. The minimum Gasteiger partial charge on any atom is -0.353 e. The van der Waals surface area contributed by atoms with Crippen LogP contribution >= 0.6 is 0 Å². The summed E-state index contributed by atoms with van der Waals surface area (Å²) in [5, 5.41) is 0. The molecule has 1 fully saturated rings. The molecule has 3 aromatic rings. The van der Waals surface area contributed by atoms with E-state index >= 15 is 0 Å². The number of amides is 1. The first-order chi connectivity index (χ1) is 11.8. The maximum Gasteiger partial charge on any atom is 0.255 e. The fourth-order valence-corrected chi connectivity index (χ4v) is 2.84. The van der Waals surface area contributed by atoms with Crippen LogP contribution < -0.4 is 4.90 Å². The lowest BCUT2D eigenvalue weighted by Crippen LogP contribution is -2.49. The van der Waals surface area contributed by atoms with E-state index in [1.165, 1.54) is 0 Å². The summed E-state index contributed by atoms with van der Waals surface area (Å²) in [7, 11) is 0. The number of piperazine rings is 1. The maximum atomic E-state index is 12.7. The van der Waals surface area contributed by atoms with Gasteiger partial charge in [0.05, 0.1) is 5.56 Å². The van der Waals surface area contributed by atoms with Crippen LogP contribution in [0.25, 0.3) is 11.2 Å². The summed E-state index contributed by atoms with van der Waals surface area (Å²) >= 11 is 0. The first kappa shape index (κ1) is 14.5. The molecule has 0 radical (unpaired) electrons. The van der Waals surface area contributed by atoms with Crippen LogP contribution in [-0.2, 0) is 0 Å². The fourth-order valence-electron chi connectivity index (χ4n) is 2.84. The molecule has 7 heteroatoms. The van der Waals surface area contributed by atoms with Crippen LogP contribution in [0, 0.1) is 0 Å². The predicted molar refractivity (Wildman–Crippen MR) is 89.7 cm³/mol. The predicted octanol–water partition coefficient (Wildman–Crippen LogP) is 1.38. The van der Waals surface area contributed by atoms with Gasteiger partial charge in [-0.1, -0.05) is 6.07 Å². The number of aromatic nitrogens is 4. The zero-order chi connectivity index (χ0) is 16.4. The number of rotatable bonds is 2. The second-order valence-corrected chi connectivity index (χ2v) is 5.59. The van der Waals surface area contributed by atoms with Gasteiger partial charge in [-0.05, 0) is 18.2 Å². The summed E-state index contributed by atoms with van der Waals surface area (Å²) in [5.41, 5.74) is 1.73. The molecule has 0 N–H and O–H groups in total. The molecule has 0 aliphatic carbocycles. The van der Waals surface area contributed by atoms with Gasteiger partial charge in [0.1, 0.15) is 11.3 Å². The normalized spacial score (nSPS) is 14.8. The molecule has 4 rings (SSSR count). The quantitative estimate of drug-likeness (QED) is 0.710. The van der Waals surface area contributed by atoms with Crippen molar-refractivity contribution in [2.24, 2.45) is 0 Å². The van der Waals surface area contributed by atoms with E-state index in [0.29, 0.717) is 29.8 Å². The summed E-state index contributed by atoms with van der Waals surface area (Å²) < 4.78 is 0. The van der Waals surface area contributed by atoms with Crippen LogP contribution in [0.5, 0.6) is 0 Å². The highest BCUT2D eigenvalue weighted by Gasteiger charge is 2.23. The number of pyridine rings is 2. The van der Waals surface area contributed by atoms with Gasteiger partial charge in [-0.3, -0.25) is 9.78 Å². The van der Waals surface area contributed by atoms with Crippen molar-refractivity contribution in [2.75, 3.05) is 31.1 Å². The molecule has 0 spiro atoms. The van der Waals surface area contributed by atoms with Crippen LogP contribution in [0.1, 0.15) is 10.4 Å². The third kappa shape index (κ3) is 2.76. The molecule has 24 heavy (non-hydrogen) atoms. The lowest BCUT2D eigenvalue weighted by molar-refractivity contribution is 0.0746. The second kappa shape index (κ2) is 6.19. The molecular weight excluding hydrogens is 304 g/mol. The van der Waals surface area contributed by atoms with Crippen molar-refractivity contribution in [1.82, 2.24) is 24.8 Å².